The van der Waals surface area contributed by atoms with Crippen LogP contribution in [0.5, 0.6) is 11.5 Å². The lowest BCUT2D eigenvalue weighted by molar-refractivity contribution is -0.118. The van der Waals surface area contributed by atoms with Gasteiger partial charge in [-0.25, -0.2) is 4.79 Å². The lowest BCUT2D eigenvalue weighted by Gasteiger charge is -2.10. The van der Waals surface area contributed by atoms with Gasteiger partial charge in [-0.2, -0.15) is 0 Å². The fraction of sp³-hybridized carbons (Fsp3) is 0.217. The van der Waals surface area contributed by atoms with E-state index in [1.165, 1.54) is 18.4 Å². The third-order valence-electron chi connectivity index (χ3n) is 4.35. The fourth-order valence-corrected chi connectivity index (χ4v) is 4.49. The van der Waals surface area contributed by atoms with E-state index in [0.717, 1.165) is 26.2 Å². The van der Waals surface area contributed by atoms with Crippen molar-refractivity contribution in [1.82, 2.24) is 0 Å². The normalized spacial score (nSPS) is 10.5. The lowest BCUT2D eigenvalue weighted by atomic mass is 10.0. The average Bonchev–Trinajstić information content (AvgIpc) is 3.08. The second-order valence-corrected chi connectivity index (χ2v) is 8.62. The highest BCUT2D eigenvalue weighted by molar-refractivity contribution is 9.10. The zero-order valence-electron chi connectivity index (χ0n) is 17.4. The average molecular weight is 504 g/mol. The number of carbonyl (C=O) groups is 2. The summed E-state index contributed by atoms with van der Waals surface area (Å²) in [4.78, 5) is 26.0. The minimum atomic E-state index is -0.517. The summed E-state index contributed by atoms with van der Waals surface area (Å²) in [6.07, 6.45) is 0. The molecule has 3 rings (SSSR count). The Labute approximate surface area is 193 Å². The van der Waals surface area contributed by atoms with Crippen LogP contribution in [0, 0.1) is 6.92 Å². The van der Waals surface area contributed by atoms with Gasteiger partial charge in [0.1, 0.15) is 22.1 Å². The summed E-state index contributed by atoms with van der Waals surface area (Å²) in [5.74, 6) is 0.424. The molecular formula is C23H22BrNO5S. The third-order valence-corrected chi connectivity index (χ3v) is 5.86. The number of carbonyl (C=O) groups excluding carboxylic acids is 2. The highest BCUT2D eigenvalue weighted by Gasteiger charge is 2.25. The number of esters is 1. The van der Waals surface area contributed by atoms with Gasteiger partial charge >= 0.3 is 5.97 Å². The predicted molar refractivity (Wildman–Crippen MR) is 125 cm³/mol. The van der Waals surface area contributed by atoms with Crippen LogP contribution < -0.4 is 14.8 Å². The van der Waals surface area contributed by atoms with Crippen LogP contribution in [0.1, 0.15) is 22.2 Å². The van der Waals surface area contributed by atoms with Gasteiger partial charge in [0.15, 0.2) is 6.61 Å². The number of amides is 1. The zero-order chi connectivity index (χ0) is 22.4. The number of methoxy groups -OCH3 is 1. The van der Waals surface area contributed by atoms with Crippen molar-refractivity contribution in [3.05, 3.63) is 63.4 Å². The van der Waals surface area contributed by atoms with Crippen LogP contribution in [0.15, 0.2) is 53.0 Å². The second kappa shape index (κ2) is 10.5. The van der Waals surface area contributed by atoms with E-state index in [2.05, 4.69) is 21.2 Å². The molecule has 0 aliphatic heterocycles. The van der Waals surface area contributed by atoms with Crippen LogP contribution >= 0.6 is 27.3 Å². The molecule has 0 aliphatic carbocycles. The van der Waals surface area contributed by atoms with Gasteiger partial charge in [0.2, 0.25) is 0 Å². The van der Waals surface area contributed by atoms with Gasteiger partial charge in [0, 0.05) is 14.9 Å². The molecule has 8 heteroatoms. The Morgan fingerprint density at radius 1 is 1.06 bits per heavy atom. The molecular weight excluding hydrogens is 482 g/mol. The van der Waals surface area contributed by atoms with E-state index in [-0.39, 0.29) is 12.5 Å². The van der Waals surface area contributed by atoms with Crippen molar-refractivity contribution >= 4 is 44.1 Å². The summed E-state index contributed by atoms with van der Waals surface area (Å²) in [5, 5.41) is 3.22. The van der Waals surface area contributed by atoms with Crippen molar-refractivity contribution in [2.45, 2.75) is 13.8 Å². The highest BCUT2D eigenvalue weighted by atomic mass is 79.9. The highest BCUT2D eigenvalue weighted by Crippen LogP contribution is 2.40. The van der Waals surface area contributed by atoms with Crippen molar-refractivity contribution in [2.75, 3.05) is 25.6 Å². The number of halogens is 1. The Morgan fingerprint density at radius 3 is 2.45 bits per heavy atom. The number of aryl methyl sites for hydroxylation is 1. The Kier molecular flexibility index (Phi) is 7.70. The molecule has 0 bridgehead atoms. The van der Waals surface area contributed by atoms with Crippen molar-refractivity contribution in [3.63, 3.8) is 0 Å². The smallest absolute Gasteiger partial charge is 0.341 e. The topological polar surface area (TPSA) is 73.9 Å². The monoisotopic (exact) mass is 503 g/mol. The third kappa shape index (κ3) is 5.65. The fourth-order valence-electron chi connectivity index (χ4n) is 3.03. The van der Waals surface area contributed by atoms with E-state index in [4.69, 9.17) is 14.2 Å². The van der Waals surface area contributed by atoms with Gasteiger partial charge in [-0.1, -0.05) is 34.1 Å². The van der Waals surface area contributed by atoms with Gasteiger partial charge in [0.25, 0.3) is 5.91 Å². The number of anilines is 1. The van der Waals surface area contributed by atoms with Crippen molar-refractivity contribution in [2.24, 2.45) is 0 Å². The van der Waals surface area contributed by atoms with Crippen molar-refractivity contribution in [3.8, 4) is 22.6 Å². The molecule has 0 spiro atoms. The predicted octanol–water partition coefficient (Wildman–Crippen LogP) is 5.69. The van der Waals surface area contributed by atoms with Crippen LogP contribution in [-0.4, -0.2) is 32.2 Å². The molecule has 0 unspecified atom stereocenters. The van der Waals surface area contributed by atoms with Crippen LogP contribution in [0.25, 0.3) is 11.1 Å². The maximum absolute atomic E-state index is 12.6. The Hall–Kier alpha value is -2.84. The summed E-state index contributed by atoms with van der Waals surface area (Å²) in [6, 6.07) is 14.7. The first-order valence-electron chi connectivity index (χ1n) is 9.56. The molecule has 0 aliphatic rings. The van der Waals surface area contributed by atoms with Crippen molar-refractivity contribution in [1.29, 1.82) is 0 Å². The van der Waals surface area contributed by atoms with Crippen LogP contribution in [0.3, 0.4) is 0 Å². The van der Waals surface area contributed by atoms with Crippen LogP contribution in [0.4, 0.5) is 5.00 Å². The number of rotatable bonds is 8. The maximum atomic E-state index is 12.6. The Bertz CT molecular complexity index is 1080. The summed E-state index contributed by atoms with van der Waals surface area (Å²) in [6.45, 7) is 4.20. The number of ether oxygens (including phenoxy) is 3. The Balaban J connectivity index is 1.84. The molecule has 31 heavy (non-hydrogen) atoms. The number of benzene rings is 2. The van der Waals surface area contributed by atoms with Gasteiger partial charge in [-0.3, -0.25) is 4.79 Å². The first-order valence-corrected chi connectivity index (χ1v) is 11.2. The van der Waals surface area contributed by atoms with Gasteiger partial charge in [-0.15, -0.1) is 11.3 Å². The van der Waals surface area contributed by atoms with E-state index >= 15 is 0 Å². The van der Waals surface area contributed by atoms with Gasteiger partial charge < -0.3 is 19.5 Å². The summed E-state index contributed by atoms with van der Waals surface area (Å²) < 4.78 is 16.9. The second-order valence-electron chi connectivity index (χ2n) is 6.48. The first kappa shape index (κ1) is 22.8. The Morgan fingerprint density at radius 2 is 1.81 bits per heavy atom. The van der Waals surface area contributed by atoms with Crippen LogP contribution in [0.2, 0.25) is 0 Å². The van der Waals surface area contributed by atoms with Gasteiger partial charge in [0.05, 0.1) is 13.7 Å². The molecule has 0 radical (unpaired) electrons. The van der Waals surface area contributed by atoms with E-state index in [1.807, 2.05) is 50.2 Å². The molecule has 0 atom stereocenters. The number of hydrogen-bond donors (Lipinski definition) is 1. The quantitative estimate of drug-likeness (QED) is 0.399. The molecule has 2 aromatic carbocycles. The summed E-state index contributed by atoms with van der Waals surface area (Å²) in [5.41, 5.74) is 1.89. The molecule has 1 aromatic heterocycles. The zero-order valence-corrected chi connectivity index (χ0v) is 19.8. The molecule has 0 saturated carbocycles. The molecule has 6 nitrogen and oxygen atoms in total. The van der Waals surface area contributed by atoms with E-state index in [9.17, 15) is 9.59 Å². The van der Waals surface area contributed by atoms with Crippen molar-refractivity contribution < 1.29 is 23.8 Å². The molecule has 1 amide bonds. The van der Waals surface area contributed by atoms with E-state index in [1.54, 1.807) is 12.1 Å². The summed E-state index contributed by atoms with van der Waals surface area (Å²) >= 11 is 4.68. The largest absolute Gasteiger partial charge is 0.494 e. The molecule has 3 aromatic rings. The lowest BCUT2D eigenvalue weighted by Crippen LogP contribution is -2.21. The molecule has 1 N–H and O–H groups in total. The summed E-state index contributed by atoms with van der Waals surface area (Å²) in [7, 11) is 1.32. The number of hydrogen-bond acceptors (Lipinski definition) is 6. The minimum absolute atomic E-state index is 0.188. The molecule has 0 saturated heterocycles. The molecule has 1 heterocycles. The SMILES string of the molecule is CCOc1ccc(-c2c(C)sc(NC(=O)COc3cccc(Br)c3)c2C(=O)OC)cc1. The number of nitrogens with one attached hydrogen (secondary N) is 1. The molecule has 0 fully saturated rings. The minimum Gasteiger partial charge on any atom is -0.494 e. The number of thiophene rings is 1. The maximum Gasteiger partial charge on any atom is 0.341 e. The first-order chi connectivity index (χ1) is 14.9. The standard InChI is InChI=1S/C23H22BrNO5S/c1-4-29-17-10-8-15(9-11-17)20-14(2)31-22(21(20)23(27)28-3)25-19(26)13-30-18-7-5-6-16(24)12-18/h5-12H,4,13H2,1-3H3,(H,25,26). The molecule has 162 valence electrons. The van der Waals surface area contributed by atoms with Gasteiger partial charge in [-0.05, 0) is 49.7 Å². The van der Waals surface area contributed by atoms with E-state index in [0.29, 0.717) is 22.9 Å². The van der Waals surface area contributed by atoms with E-state index < -0.39 is 5.97 Å². The van der Waals surface area contributed by atoms with Crippen LogP contribution in [-0.2, 0) is 9.53 Å².